The summed E-state index contributed by atoms with van der Waals surface area (Å²) in [5.74, 6) is 0.164. The molecule has 0 spiro atoms. The SMILES string of the molecule is CCNC(=O)NC(=NC)Nc1ccc(-c2ccn(C)c(=O)c2)cc1-c1ccc(C(=O)N2CCCOCC2)cn1. The second-order valence-electron chi connectivity index (χ2n) is 9.00. The number of amides is 3. The zero-order chi connectivity index (χ0) is 27.8. The van der Waals surface area contributed by atoms with Gasteiger partial charge in [0.15, 0.2) is 0 Å². The molecule has 3 heterocycles. The molecule has 3 amide bonds. The van der Waals surface area contributed by atoms with Crippen molar-refractivity contribution in [1.29, 1.82) is 0 Å². The monoisotopic (exact) mass is 531 g/mol. The van der Waals surface area contributed by atoms with Crippen molar-refractivity contribution in [2.45, 2.75) is 13.3 Å². The van der Waals surface area contributed by atoms with Crippen LogP contribution in [-0.2, 0) is 11.8 Å². The molecule has 1 fully saturated rings. The molecule has 0 bridgehead atoms. The van der Waals surface area contributed by atoms with Crippen LogP contribution in [0.15, 0.2) is 64.6 Å². The molecule has 1 aliphatic rings. The van der Waals surface area contributed by atoms with Crippen LogP contribution in [0.2, 0.25) is 0 Å². The number of benzene rings is 1. The minimum Gasteiger partial charge on any atom is -0.380 e. The van der Waals surface area contributed by atoms with Crippen molar-refractivity contribution in [1.82, 2.24) is 25.1 Å². The first-order valence-electron chi connectivity index (χ1n) is 12.8. The van der Waals surface area contributed by atoms with Gasteiger partial charge in [-0.05, 0) is 54.8 Å². The van der Waals surface area contributed by atoms with E-state index in [2.05, 4.69) is 25.9 Å². The summed E-state index contributed by atoms with van der Waals surface area (Å²) in [6, 6.07) is 12.2. The number of aryl methyl sites for hydroxylation is 1. The standard InChI is InChI=1S/C28H33N7O4/c1-4-30-28(38)33-27(29-2)32-24-9-6-19(20-10-12-34(3)25(36)17-20)16-22(24)23-8-7-21(18-31-23)26(37)35-11-5-14-39-15-13-35/h6-10,12,16-18H,4-5,11,13-15H2,1-3H3,(H3,29,30,32,33,38). The molecule has 0 aliphatic carbocycles. The molecule has 39 heavy (non-hydrogen) atoms. The highest BCUT2D eigenvalue weighted by Gasteiger charge is 2.19. The molecule has 0 unspecified atom stereocenters. The zero-order valence-corrected chi connectivity index (χ0v) is 22.4. The Kier molecular flexibility index (Phi) is 9.06. The Balaban J connectivity index is 1.69. The van der Waals surface area contributed by atoms with Crippen molar-refractivity contribution < 1.29 is 14.3 Å². The minimum atomic E-state index is -0.385. The van der Waals surface area contributed by atoms with Crippen molar-refractivity contribution >= 4 is 23.6 Å². The fourth-order valence-electron chi connectivity index (χ4n) is 4.17. The molecule has 204 valence electrons. The number of nitrogens with one attached hydrogen (secondary N) is 3. The van der Waals surface area contributed by atoms with Gasteiger partial charge in [0.05, 0.1) is 23.6 Å². The normalized spacial score (nSPS) is 13.9. The Morgan fingerprint density at radius 3 is 2.62 bits per heavy atom. The van der Waals surface area contributed by atoms with Gasteiger partial charge in [-0.1, -0.05) is 6.07 Å². The predicted octanol–water partition coefficient (Wildman–Crippen LogP) is 2.69. The summed E-state index contributed by atoms with van der Waals surface area (Å²) in [4.78, 5) is 47.9. The zero-order valence-electron chi connectivity index (χ0n) is 22.4. The Bertz CT molecular complexity index is 1410. The van der Waals surface area contributed by atoms with Crippen LogP contribution in [0.3, 0.4) is 0 Å². The number of anilines is 1. The van der Waals surface area contributed by atoms with Gasteiger partial charge >= 0.3 is 6.03 Å². The Labute approximate surface area is 226 Å². The number of aliphatic imine (C=N–C) groups is 1. The number of hydrogen-bond acceptors (Lipinski definition) is 6. The van der Waals surface area contributed by atoms with Crippen LogP contribution < -0.4 is 21.5 Å². The molecular formula is C28H33N7O4. The number of carbonyl (C=O) groups is 2. The number of hydrogen-bond donors (Lipinski definition) is 3. The number of carbonyl (C=O) groups excluding carboxylic acids is 2. The molecule has 11 heteroatoms. The summed E-state index contributed by atoms with van der Waals surface area (Å²) in [5.41, 5.74) is 3.88. The lowest BCUT2D eigenvalue weighted by atomic mass is 10.00. The number of rotatable bonds is 5. The molecular weight excluding hydrogens is 498 g/mol. The molecule has 0 atom stereocenters. The molecule has 3 N–H and O–H groups in total. The van der Waals surface area contributed by atoms with Crippen molar-refractivity contribution in [2.75, 3.05) is 45.2 Å². The number of aromatic nitrogens is 2. The summed E-state index contributed by atoms with van der Waals surface area (Å²) in [5, 5.41) is 8.52. The van der Waals surface area contributed by atoms with Gasteiger partial charge < -0.3 is 24.8 Å². The number of pyridine rings is 2. The maximum absolute atomic E-state index is 13.0. The van der Waals surface area contributed by atoms with Gasteiger partial charge in [0.2, 0.25) is 5.96 Å². The van der Waals surface area contributed by atoms with Crippen LogP contribution in [0.5, 0.6) is 0 Å². The molecule has 4 rings (SSSR count). The molecule has 1 aliphatic heterocycles. The van der Waals surface area contributed by atoms with E-state index in [9.17, 15) is 14.4 Å². The third kappa shape index (κ3) is 6.88. The summed E-state index contributed by atoms with van der Waals surface area (Å²) in [7, 11) is 3.26. The van der Waals surface area contributed by atoms with Crippen LogP contribution >= 0.6 is 0 Å². The maximum atomic E-state index is 13.0. The highest BCUT2D eigenvalue weighted by atomic mass is 16.5. The lowest BCUT2D eigenvalue weighted by Gasteiger charge is -2.20. The summed E-state index contributed by atoms with van der Waals surface area (Å²) in [6.07, 6.45) is 4.08. The topological polar surface area (TPSA) is 130 Å². The van der Waals surface area contributed by atoms with Crippen molar-refractivity contribution in [3.8, 4) is 22.4 Å². The predicted molar refractivity (Wildman–Crippen MR) is 151 cm³/mol. The van der Waals surface area contributed by atoms with Crippen LogP contribution in [0.4, 0.5) is 10.5 Å². The molecule has 1 saturated heterocycles. The first-order valence-corrected chi connectivity index (χ1v) is 12.8. The molecule has 2 aromatic heterocycles. The molecule has 0 radical (unpaired) electrons. The third-order valence-corrected chi connectivity index (χ3v) is 6.30. The number of urea groups is 1. The van der Waals surface area contributed by atoms with Gasteiger partial charge in [-0.15, -0.1) is 0 Å². The van der Waals surface area contributed by atoms with E-state index in [1.807, 2.05) is 31.2 Å². The molecule has 0 saturated carbocycles. The van der Waals surface area contributed by atoms with Gasteiger partial charge in [0.25, 0.3) is 11.5 Å². The van der Waals surface area contributed by atoms with Crippen LogP contribution in [0, 0.1) is 0 Å². The van der Waals surface area contributed by atoms with E-state index in [-0.39, 0.29) is 23.5 Å². The Morgan fingerprint density at radius 2 is 1.90 bits per heavy atom. The summed E-state index contributed by atoms with van der Waals surface area (Å²) in [6.45, 7) is 4.66. The van der Waals surface area contributed by atoms with Gasteiger partial charge in [-0.3, -0.25) is 24.9 Å². The van der Waals surface area contributed by atoms with Gasteiger partial charge in [0, 0.05) is 64.4 Å². The molecule has 1 aromatic carbocycles. The second kappa shape index (κ2) is 12.8. The van der Waals surface area contributed by atoms with Crippen molar-refractivity contribution in [3.05, 3.63) is 70.8 Å². The van der Waals surface area contributed by atoms with E-state index in [0.717, 1.165) is 17.5 Å². The minimum absolute atomic E-state index is 0.0849. The van der Waals surface area contributed by atoms with Crippen LogP contribution in [0.25, 0.3) is 22.4 Å². The Hall–Kier alpha value is -4.51. The first-order chi connectivity index (χ1) is 18.9. The third-order valence-electron chi connectivity index (χ3n) is 6.30. The summed E-state index contributed by atoms with van der Waals surface area (Å²) >= 11 is 0. The quantitative estimate of drug-likeness (QED) is 0.343. The lowest BCUT2D eigenvalue weighted by Crippen LogP contribution is -2.42. The number of nitrogens with zero attached hydrogens (tertiary/aromatic N) is 4. The molecule has 3 aromatic rings. The van der Waals surface area contributed by atoms with E-state index >= 15 is 0 Å². The highest BCUT2D eigenvalue weighted by molar-refractivity contribution is 6.05. The van der Waals surface area contributed by atoms with Crippen molar-refractivity contribution in [2.24, 2.45) is 12.0 Å². The average Bonchev–Trinajstić information content (AvgIpc) is 3.24. The van der Waals surface area contributed by atoms with E-state index in [0.29, 0.717) is 55.4 Å². The van der Waals surface area contributed by atoms with E-state index in [4.69, 9.17) is 4.74 Å². The lowest BCUT2D eigenvalue weighted by molar-refractivity contribution is 0.0741. The van der Waals surface area contributed by atoms with Crippen LogP contribution in [0.1, 0.15) is 23.7 Å². The Morgan fingerprint density at radius 1 is 1.08 bits per heavy atom. The smallest absolute Gasteiger partial charge is 0.321 e. The van der Waals surface area contributed by atoms with Gasteiger partial charge in [-0.25, -0.2) is 4.79 Å². The number of guanidine groups is 1. The van der Waals surface area contributed by atoms with Crippen LogP contribution in [-0.4, -0.2) is 72.2 Å². The molecule has 11 nitrogen and oxygen atoms in total. The average molecular weight is 532 g/mol. The van der Waals surface area contributed by atoms with Crippen molar-refractivity contribution in [3.63, 3.8) is 0 Å². The largest absolute Gasteiger partial charge is 0.380 e. The second-order valence-corrected chi connectivity index (χ2v) is 9.00. The van der Waals surface area contributed by atoms with Gasteiger partial charge in [0.1, 0.15) is 0 Å². The summed E-state index contributed by atoms with van der Waals surface area (Å²) < 4.78 is 6.97. The highest BCUT2D eigenvalue weighted by Crippen LogP contribution is 2.32. The first kappa shape index (κ1) is 27.5. The fourth-order valence-corrected chi connectivity index (χ4v) is 4.17. The van der Waals surface area contributed by atoms with Gasteiger partial charge in [-0.2, -0.15) is 0 Å². The van der Waals surface area contributed by atoms with E-state index < -0.39 is 0 Å². The van der Waals surface area contributed by atoms with E-state index in [1.54, 1.807) is 49.6 Å². The van der Waals surface area contributed by atoms with E-state index in [1.165, 1.54) is 4.57 Å². The number of ether oxygens (including phenoxy) is 1. The fraction of sp³-hybridized carbons (Fsp3) is 0.321. The maximum Gasteiger partial charge on any atom is 0.321 e.